The number of aliphatic hydroxyl groups excluding tert-OH is 1. The van der Waals surface area contributed by atoms with Gasteiger partial charge < -0.3 is 14.6 Å². The van der Waals surface area contributed by atoms with Crippen LogP contribution in [-0.2, 0) is 12.0 Å². The molecule has 1 N–H and O–H groups in total. The summed E-state index contributed by atoms with van der Waals surface area (Å²) in [6.07, 6.45) is 5.82. The summed E-state index contributed by atoms with van der Waals surface area (Å²) in [5.74, 6) is 1.59. The van der Waals surface area contributed by atoms with E-state index in [1.807, 2.05) is 6.08 Å². The van der Waals surface area contributed by atoms with E-state index in [0.717, 1.165) is 37.4 Å². The van der Waals surface area contributed by atoms with Crippen LogP contribution in [0.5, 0.6) is 11.5 Å². The quantitative estimate of drug-likeness (QED) is 0.843. The average molecular weight is 287 g/mol. The lowest BCUT2D eigenvalue weighted by Crippen LogP contribution is -2.49. The third-order valence-electron chi connectivity index (χ3n) is 5.41. The minimum absolute atomic E-state index is 0.0341. The maximum Gasteiger partial charge on any atom is 0.161 e. The zero-order chi connectivity index (χ0) is 14.6. The maximum atomic E-state index is 9.98. The van der Waals surface area contributed by atoms with E-state index in [4.69, 9.17) is 9.47 Å². The van der Waals surface area contributed by atoms with Crippen LogP contribution in [0.2, 0.25) is 0 Å². The smallest absolute Gasteiger partial charge is 0.161 e. The van der Waals surface area contributed by atoms with Crippen molar-refractivity contribution in [3.05, 3.63) is 35.4 Å². The zero-order valence-corrected chi connectivity index (χ0v) is 12.5. The highest BCUT2D eigenvalue weighted by Crippen LogP contribution is 2.52. The molecule has 4 heteroatoms. The van der Waals surface area contributed by atoms with Crippen molar-refractivity contribution in [2.45, 2.75) is 36.9 Å². The van der Waals surface area contributed by atoms with Gasteiger partial charge in [0.2, 0.25) is 0 Å². The highest BCUT2D eigenvalue weighted by atomic mass is 16.5. The Labute approximate surface area is 125 Å². The molecule has 3 aliphatic rings. The molecule has 1 aliphatic carbocycles. The van der Waals surface area contributed by atoms with Gasteiger partial charge in [0.1, 0.15) is 0 Å². The number of ether oxygens (including phenoxy) is 2. The molecule has 1 fully saturated rings. The normalized spacial score (nSPS) is 36.0. The minimum Gasteiger partial charge on any atom is -0.493 e. The first-order chi connectivity index (χ1) is 10.2. The largest absolute Gasteiger partial charge is 0.493 e. The van der Waals surface area contributed by atoms with Gasteiger partial charge in [-0.2, -0.15) is 0 Å². The summed E-state index contributed by atoms with van der Waals surface area (Å²) in [6, 6.07) is 4.66. The number of hydrogen-bond acceptors (Lipinski definition) is 4. The number of nitrogens with zero attached hydrogens (tertiary/aromatic N) is 1. The molecule has 112 valence electrons. The molecular formula is C17H21NO3. The van der Waals surface area contributed by atoms with E-state index >= 15 is 0 Å². The van der Waals surface area contributed by atoms with Crippen LogP contribution >= 0.6 is 0 Å². The number of fused-ring (bicyclic) bond motifs is 1. The van der Waals surface area contributed by atoms with Crippen LogP contribution in [0.1, 0.15) is 24.0 Å². The van der Waals surface area contributed by atoms with Crippen molar-refractivity contribution in [1.82, 2.24) is 4.90 Å². The molecule has 0 spiro atoms. The first-order valence-corrected chi connectivity index (χ1v) is 7.55. The van der Waals surface area contributed by atoms with Crippen LogP contribution in [0.15, 0.2) is 24.3 Å². The molecule has 0 amide bonds. The third kappa shape index (κ3) is 1.69. The minimum atomic E-state index is -0.314. The van der Waals surface area contributed by atoms with E-state index < -0.39 is 0 Å². The molecule has 2 heterocycles. The van der Waals surface area contributed by atoms with Crippen molar-refractivity contribution < 1.29 is 14.6 Å². The second-order valence-corrected chi connectivity index (χ2v) is 6.30. The fraction of sp³-hybridized carbons (Fsp3) is 0.529. The van der Waals surface area contributed by atoms with E-state index in [1.165, 1.54) is 11.1 Å². The Hall–Kier alpha value is -1.52. The van der Waals surface area contributed by atoms with Crippen LogP contribution in [0.4, 0.5) is 0 Å². The number of methoxy groups -OCH3 is 2. The molecular weight excluding hydrogens is 266 g/mol. The molecule has 1 aromatic rings. The van der Waals surface area contributed by atoms with Gasteiger partial charge in [-0.05, 0) is 36.1 Å². The number of aliphatic hydroxyl groups is 1. The molecule has 0 aromatic heterocycles. The lowest BCUT2D eigenvalue weighted by molar-refractivity contribution is 0.110. The Bertz CT molecular complexity index is 612. The molecule has 2 unspecified atom stereocenters. The van der Waals surface area contributed by atoms with E-state index in [0.29, 0.717) is 6.04 Å². The number of benzene rings is 1. The van der Waals surface area contributed by atoms with Gasteiger partial charge >= 0.3 is 0 Å². The van der Waals surface area contributed by atoms with Crippen molar-refractivity contribution in [3.8, 4) is 11.5 Å². The number of rotatable bonds is 2. The van der Waals surface area contributed by atoms with Gasteiger partial charge in [-0.3, -0.25) is 4.90 Å². The van der Waals surface area contributed by atoms with Gasteiger partial charge in [-0.1, -0.05) is 12.2 Å². The molecule has 4 nitrogen and oxygen atoms in total. The fourth-order valence-electron chi connectivity index (χ4n) is 4.42. The topological polar surface area (TPSA) is 41.9 Å². The monoisotopic (exact) mass is 287 g/mol. The highest BCUT2D eigenvalue weighted by Gasteiger charge is 2.52. The van der Waals surface area contributed by atoms with Gasteiger partial charge in [0.25, 0.3) is 0 Å². The van der Waals surface area contributed by atoms with Crippen LogP contribution in [0, 0.1) is 0 Å². The summed E-state index contributed by atoms with van der Waals surface area (Å²) >= 11 is 0. The van der Waals surface area contributed by atoms with E-state index in [-0.39, 0.29) is 11.5 Å². The molecule has 4 rings (SSSR count). The second kappa shape index (κ2) is 4.49. The fourth-order valence-corrected chi connectivity index (χ4v) is 4.42. The molecule has 21 heavy (non-hydrogen) atoms. The summed E-state index contributed by atoms with van der Waals surface area (Å²) in [6.45, 7) is 2.02. The Balaban J connectivity index is 1.91. The Kier molecular flexibility index (Phi) is 2.81. The molecule has 4 atom stereocenters. The molecule has 1 saturated heterocycles. The van der Waals surface area contributed by atoms with E-state index in [2.05, 4.69) is 23.1 Å². The summed E-state index contributed by atoms with van der Waals surface area (Å²) in [4.78, 5) is 2.50. The van der Waals surface area contributed by atoms with Crippen molar-refractivity contribution >= 4 is 0 Å². The van der Waals surface area contributed by atoms with Crippen molar-refractivity contribution in [3.63, 3.8) is 0 Å². The standard InChI is InChI=1S/C17H21NO3/c1-20-14-7-11-10-18-6-5-17(13(11)9-15(14)21-2)4-3-12(19)8-16(17)18/h3-4,7,9,12,16,19H,5-6,8,10H2,1-2H3/t12-,16+,17?/m0/s1. The average Bonchev–Trinajstić information content (AvgIpc) is 2.78. The van der Waals surface area contributed by atoms with Crippen LogP contribution in [0.3, 0.4) is 0 Å². The van der Waals surface area contributed by atoms with Crippen molar-refractivity contribution in [2.75, 3.05) is 20.8 Å². The van der Waals surface area contributed by atoms with Crippen LogP contribution in [0.25, 0.3) is 0 Å². The van der Waals surface area contributed by atoms with E-state index in [9.17, 15) is 5.11 Å². The first-order valence-electron chi connectivity index (χ1n) is 7.55. The predicted octanol–water partition coefficient (Wildman–Crippen LogP) is 1.85. The molecule has 2 aliphatic heterocycles. The predicted molar refractivity (Wildman–Crippen MR) is 79.8 cm³/mol. The van der Waals surface area contributed by atoms with Gasteiger partial charge in [0.15, 0.2) is 11.5 Å². The summed E-state index contributed by atoms with van der Waals surface area (Å²) in [7, 11) is 3.36. The molecule has 0 radical (unpaired) electrons. The molecule has 1 aromatic carbocycles. The summed E-state index contributed by atoms with van der Waals surface area (Å²) in [5.41, 5.74) is 2.70. The zero-order valence-electron chi connectivity index (χ0n) is 12.5. The molecule has 2 bridgehead atoms. The van der Waals surface area contributed by atoms with Crippen molar-refractivity contribution in [2.24, 2.45) is 0 Å². The Morgan fingerprint density at radius 3 is 2.76 bits per heavy atom. The Morgan fingerprint density at radius 2 is 2.00 bits per heavy atom. The van der Waals surface area contributed by atoms with Gasteiger partial charge in [-0.25, -0.2) is 0 Å². The third-order valence-corrected chi connectivity index (χ3v) is 5.41. The summed E-state index contributed by atoms with van der Waals surface area (Å²) in [5, 5.41) is 9.98. The molecule has 0 saturated carbocycles. The lowest BCUT2D eigenvalue weighted by atomic mass is 9.66. The SMILES string of the molecule is COc1cc2c(cc1OC)C13C=C[C@H](O)C[C@H]1N(CC3)C2. The van der Waals surface area contributed by atoms with Crippen LogP contribution < -0.4 is 9.47 Å². The lowest BCUT2D eigenvalue weighted by Gasteiger charge is -2.45. The van der Waals surface area contributed by atoms with Gasteiger partial charge in [0.05, 0.1) is 20.3 Å². The van der Waals surface area contributed by atoms with Crippen molar-refractivity contribution in [1.29, 1.82) is 0 Å². The maximum absolute atomic E-state index is 9.98. The summed E-state index contributed by atoms with van der Waals surface area (Å²) < 4.78 is 10.9. The van der Waals surface area contributed by atoms with Gasteiger partial charge in [0, 0.05) is 24.5 Å². The number of hydrogen-bond donors (Lipinski definition) is 1. The van der Waals surface area contributed by atoms with Crippen LogP contribution in [-0.4, -0.2) is 42.9 Å². The van der Waals surface area contributed by atoms with Gasteiger partial charge in [-0.15, -0.1) is 0 Å². The second-order valence-electron chi connectivity index (χ2n) is 6.30. The highest BCUT2D eigenvalue weighted by molar-refractivity contribution is 5.55. The first kappa shape index (κ1) is 13.2. The van der Waals surface area contributed by atoms with E-state index in [1.54, 1.807) is 14.2 Å². The Morgan fingerprint density at radius 1 is 1.24 bits per heavy atom.